The van der Waals surface area contributed by atoms with E-state index in [0.717, 1.165) is 70.3 Å². The first-order chi connectivity index (χ1) is 16.1. The number of aromatic nitrogens is 6. The van der Waals surface area contributed by atoms with E-state index in [9.17, 15) is 4.79 Å². The van der Waals surface area contributed by atoms with Crippen LogP contribution in [0.5, 0.6) is 0 Å². The van der Waals surface area contributed by atoms with Gasteiger partial charge in [-0.3, -0.25) is 23.8 Å². The first kappa shape index (κ1) is 19.9. The lowest BCUT2D eigenvalue weighted by molar-refractivity contribution is 0.369. The molecule has 8 nitrogen and oxygen atoms in total. The summed E-state index contributed by atoms with van der Waals surface area (Å²) in [5.74, 6) is 0. The molecule has 0 saturated carbocycles. The average Bonchev–Trinajstić information content (AvgIpc) is 3.40. The Bertz CT molecular complexity index is 1540. The molecule has 0 amide bonds. The maximum absolute atomic E-state index is 13.2. The zero-order chi connectivity index (χ0) is 22.5. The van der Waals surface area contributed by atoms with Gasteiger partial charge in [-0.15, -0.1) is 0 Å². The summed E-state index contributed by atoms with van der Waals surface area (Å²) in [6.45, 7) is 1.81. The molecule has 33 heavy (non-hydrogen) atoms. The molecule has 1 aliphatic heterocycles. The van der Waals surface area contributed by atoms with E-state index in [1.807, 2.05) is 55.6 Å². The van der Waals surface area contributed by atoms with E-state index in [4.69, 9.17) is 0 Å². The highest BCUT2D eigenvalue weighted by Crippen LogP contribution is 2.31. The third-order valence-electron chi connectivity index (χ3n) is 6.65. The minimum atomic E-state index is 0.0147. The van der Waals surface area contributed by atoms with Crippen molar-refractivity contribution in [1.82, 2.24) is 34.2 Å². The van der Waals surface area contributed by atoms with Gasteiger partial charge in [-0.2, -0.15) is 5.10 Å². The molecule has 5 aromatic rings. The Kier molecular flexibility index (Phi) is 4.62. The van der Waals surface area contributed by atoms with Crippen LogP contribution in [0.4, 0.5) is 0 Å². The number of piperidine rings is 1. The highest BCUT2D eigenvalue weighted by Gasteiger charge is 2.23. The number of imidazole rings is 1. The molecule has 6 rings (SSSR count). The first-order valence-electron chi connectivity index (χ1n) is 11.3. The predicted octanol–water partition coefficient (Wildman–Crippen LogP) is 3.28. The van der Waals surface area contributed by atoms with Crippen molar-refractivity contribution >= 4 is 21.9 Å². The summed E-state index contributed by atoms with van der Waals surface area (Å²) in [7, 11) is 3.73. The van der Waals surface area contributed by atoms with E-state index >= 15 is 0 Å². The van der Waals surface area contributed by atoms with E-state index in [-0.39, 0.29) is 11.7 Å². The molecule has 5 heterocycles. The molecule has 8 heteroatoms. The molecule has 0 spiro atoms. The van der Waals surface area contributed by atoms with Crippen LogP contribution in [0.2, 0.25) is 0 Å². The molecule has 0 radical (unpaired) electrons. The summed E-state index contributed by atoms with van der Waals surface area (Å²) < 4.78 is 5.46. The predicted molar refractivity (Wildman–Crippen MR) is 129 cm³/mol. The van der Waals surface area contributed by atoms with E-state index in [1.54, 1.807) is 9.25 Å². The van der Waals surface area contributed by atoms with Gasteiger partial charge < -0.3 is 5.32 Å². The second-order valence-corrected chi connectivity index (χ2v) is 8.77. The van der Waals surface area contributed by atoms with Crippen molar-refractivity contribution < 1.29 is 0 Å². The van der Waals surface area contributed by atoms with Gasteiger partial charge in [0.1, 0.15) is 0 Å². The third kappa shape index (κ3) is 3.25. The van der Waals surface area contributed by atoms with Gasteiger partial charge in [0.2, 0.25) is 0 Å². The Hall–Kier alpha value is -3.78. The lowest BCUT2D eigenvalue weighted by Gasteiger charge is -2.24. The van der Waals surface area contributed by atoms with Gasteiger partial charge in [0.25, 0.3) is 0 Å². The average molecular weight is 440 g/mol. The monoisotopic (exact) mass is 439 g/mol. The fraction of sp³-hybridized carbons (Fsp3) is 0.280. The van der Waals surface area contributed by atoms with Gasteiger partial charge in [-0.25, -0.2) is 4.79 Å². The maximum Gasteiger partial charge on any atom is 0.329 e. The van der Waals surface area contributed by atoms with E-state index in [0.29, 0.717) is 0 Å². The third-order valence-corrected chi connectivity index (χ3v) is 6.65. The number of rotatable bonds is 3. The minimum absolute atomic E-state index is 0.0147. The quantitative estimate of drug-likeness (QED) is 0.467. The number of hydrogen-bond acceptors (Lipinski definition) is 5. The molecule has 1 saturated heterocycles. The van der Waals surface area contributed by atoms with E-state index in [2.05, 4.69) is 38.6 Å². The lowest BCUT2D eigenvalue weighted by atomic mass is 10.0. The van der Waals surface area contributed by atoms with Crippen LogP contribution < -0.4 is 11.0 Å². The summed E-state index contributed by atoms with van der Waals surface area (Å²) in [5, 5.41) is 8.66. The van der Waals surface area contributed by atoms with Gasteiger partial charge in [-0.05, 0) is 43.1 Å². The smallest absolute Gasteiger partial charge is 0.315 e. The van der Waals surface area contributed by atoms with Gasteiger partial charge in [0.15, 0.2) is 0 Å². The van der Waals surface area contributed by atoms with Gasteiger partial charge in [-0.1, -0.05) is 12.1 Å². The Morgan fingerprint density at radius 2 is 1.88 bits per heavy atom. The van der Waals surface area contributed by atoms with Gasteiger partial charge >= 0.3 is 5.69 Å². The fourth-order valence-corrected chi connectivity index (χ4v) is 4.89. The van der Waals surface area contributed by atoms with Gasteiger partial charge in [0, 0.05) is 49.5 Å². The summed E-state index contributed by atoms with van der Waals surface area (Å²) >= 11 is 0. The molecule has 1 aromatic carbocycles. The van der Waals surface area contributed by atoms with E-state index < -0.39 is 0 Å². The Morgan fingerprint density at radius 3 is 2.61 bits per heavy atom. The Balaban J connectivity index is 1.50. The van der Waals surface area contributed by atoms with Crippen molar-refractivity contribution in [2.75, 3.05) is 13.1 Å². The zero-order valence-electron chi connectivity index (χ0n) is 18.7. The van der Waals surface area contributed by atoms with Crippen LogP contribution in [0, 0.1) is 0 Å². The van der Waals surface area contributed by atoms with Crippen molar-refractivity contribution in [3.05, 3.63) is 65.6 Å². The van der Waals surface area contributed by atoms with E-state index in [1.165, 1.54) is 0 Å². The van der Waals surface area contributed by atoms with Crippen molar-refractivity contribution in [2.45, 2.75) is 18.9 Å². The Morgan fingerprint density at radius 1 is 1.00 bits per heavy atom. The molecule has 0 bridgehead atoms. The van der Waals surface area contributed by atoms with Crippen molar-refractivity contribution in [1.29, 1.82) is 0 Å². The van der Waals surface area contributed by atoms with Crippen LogP contribution in [-0.2, 0) is 14.1 Å². The SMILES string of the molecule is Cn1cc(-c2ccc(-c3ccc4ncc5c(c4c3)n(C3CCCNC3)c(=O)n5C)cn2)cn1. The molecule has 1 aliphatic rings. The highest BCUT2D eigenvalue weighted by atomic mass is 16.1. The van der Waals surface area contributed by atoms with Gasteiger partial charge in [0.05, 0.1) is 40.7 Å². The number of pyridine rings is 2. The normalized spacial score (nSPS) is 16.6. The van der Waals surface area contributed by atoms with Crippen molar-refractivity contribution in [3.8, 4) is 22.4 Å². The Labute approximate surface area is 190 Å². The second kappa shape index (κ2) is 7.67. The van der Waals surface area contributed by atoms with Crippen LogP contribution in [-0.4, -0.2) is 42.0 Å². The number of fused-ring (bicyclic) bond motifs is 3. The number of benzene rings is 1. The molecule has 1 fully saturated rings. The second-order valence-electron chi connectivity index (χ2n) is 8.77. The lowest BCUT2D eigenvalue weighted by Crippen LogP contribution is -2.36. The topological polar surface area (TPSA) is 82.6 Å². The number of nitrogens with zero attached hydrogens (tertiary/aromatic N) is 6. The van der Waals surface area contributed by atoms with Crippen LogP contribution in [0.25, 0.3) is 44.3 Å². The van der Waals surface area contributed by atoms with Crippen molar-refractivity contribution in [3.63, 3.8) is 0 Å². The number of hydrogen-bond donors (Lipinski definition) is 1. The molecular formula is C25H25N7O. The van der Waals surface area contributed by atoms with Crippen LogP contribution >= 0.6 is 0 Å². The molecule has 1 unspecified atom stereocenters. The molecule has 0 aliphatic carbocycles. The fourth-order valence-electron chi connectivity index (χ4n) is 4.89. The standard InChI is InChI=1S/C25H25N7O/c1-30-15-18(12-29-30)21-7-6-17(11-27-21)16-5-8-22-20(10-16)24-23(14-28-22)31(2)25(33)32(24)19-4-3-9-26-13-19/h5-8,10-12,14-15,19,26H,3-4,9,13H2,1-2H3. The van der Waals surface area contributed by atoms with Crippen LogP contribution in [0.15, 0.2) is 59.9 Å². The minimum Gasteiger partial charge on any atom is -0.315 e. The number of nitrogens with one attached hydrogen (secondary N) is 1. The summed E-state index contributed by atoms with van der Waals surface area (Å²) in [4.78, 5) is 22.5. The summed E-state index contributed by atoms with van der Waals surface area (Å²) in [5.41, 5.74) is 6.66. The highest BCUT2D eigenvalue weighted by molar-refractivity contribution is 6.04. The zero-order valence-corrected chi connectivity index (χ0v) is 18.7. The first-order valence-corrected chi connectivity index (χ1v) is 11.3. The molecular weight excluding hydrogens is 414 g/mol. The molecule has 166 valence electrons. The maximum atomic E-state index is 13.2. The van der Waals surface area contributed by atoms with Crippen LogP contribution in [0.3, 0.4) is 0 Å². The molecule has 1 atom stereocenters. The largest absolute Gasteiger partial charge is 0.329 e. The summed E-state index contributed by atoms with van der Waals surface area (Å²) in [6.07, 6.45) is 9.53. The molecule has 1 N–H and O–H groups in total. The van der Waals surface area contributed by atoms with Crippen LogP contribution in [0.1, 0.15) is 18.9 Å². The van der Waals surface area contributed by atoms with Crippen molar-refractivity contribution in [2.24, 2.45) is 14.1 Å². The summed E-state index contributed by atoms with van der Waals surface area (Å²) in [6, 6.07) is 10.5. The number of aryl methyl sites for hydroxylation is 2. The molecule has 4 aromatic heterocycles.